The van der Waals surface area contributed by atoms with Gasteiger partial charge in [0.2, 0.25) is 5.91 Å². The molecule has 0 saturated heterocycles. The molecule has 26 heavy (non-hydrogen) atoms. The largest absolute Gasteiger partial charge is 0.497 e. The Morgan fingerprint density at radius 2 is 1.62 bits per heavy atom. The third kappa shape index (κ3) is 4.70. The summed E-state index contributed by atoms with van der Waals surface area (Å²) in [6.07, 6.45) is 3.85. The molecule has 1 aromatic heterocycles. The van der Waals surface area contributed by atoms with Crippen LogP contribution >= 0.6 is 0 Å². The van der Waals surface area contributed by atoms with Gasteiger partial charge in [0.25, 0.3) is 0 Å². The highest BCUT2D eigenvalue weighted by Gasteiger charge is 2.18. The number of nitrogens with zero attached hydrogens (tertiary/aromatic N) is 1. The number of methoxy groups -OCH3 is 1. The number of rotatable bonds is 7. The molecular weight excluding hydrogens is 324 g/mol. The van der Waals surface area contributed by atoms with E-state index in [9.17, 15) is 4.79 Å². The van der Waals surface area contributed by atoms with Crippen molar-refractivity contribution in [1.29, 1.82) is 0 Å². The van der Waals surface area contributed by atoms with Gasteiger partial charge in [-0.25, -0.2) is 0 Å². The Morgan fingerprint density at radius 1 is 0.962 bits per heavy atom. The normalized spacial score (nSPS) is 11.6. The van der Waals surface area contributed by atoms with Crippen LogP contribution < -0.4 is 10.1 Å². The summed E-state index contributed by atoms with van der Waals surface area (Å²) in [5.74, 6) is 0.828. The van der Waals surface area contributed by atoms with Crippen LogP contribution in [-0.2, 0) is 11.3 Å². The minimum Gasteiger partial charge on any atom is -0.497 e. The third-order valence-electron chi connectivity index (χ3n) is 4.35. The summed E-state index contributed by atoms with van der Waals surface area (Å²) in [5, 5.41) is 3.00. The van der Waals surface area contributed by atoms with Crippen LogP contribution in [0.2, 0.25) is 0 Å². The molecule has 1 atom stereocenters. The van der Waals surface area contributed by atoms with Gasteiger partial charge >= 0.3 is 0 Å². The summed E-state index contributed by atoms with van der Waals surface area (Å²) >= 11 is 0. The number of nitrogens with one attached hydrogen (secondary N) is 1. The molecule has 0 aliphatic heterocycles. The second kappa shape index (κ2) is 8.81. The highest BCUT2D eigenvalue weighted by molar-refractivity contribution is 5.77. The highest BCUT2D eigenvalue weighted by Crippen LogP contribution is 2.29. The van der Waals surface area contributed by atoms with Crippen molar-refractivity contribution in [1.82, 2.24) is 10.3 Å². The number of hydrogen-bond acceptors (Lipinski definition) is 3. The molecule has 0 bridgehead atoms. The van der Waals surface area contributed by atoms with E-state index in [1.165, 1.54) is 0 Å². The Morgan fingerprint density at radius 3 is 2.27 bits per heavy atom. The molecule has 132 valence electrons. The van der Waals surface area contributed by atoms with Crippen molar-refractivity contribution in [3.63, 3.8) is 0 Å². The van der Waals surface area contributed by atoms with Crippen LogP contribution in [0.25, 0.3) is 0 Å². The molecule has 2 aromatic carbocycles. The van der Waals surface area contributed by atoms with E-state index < -0.39 is 0 Å². The van der Waals surface area contributed by atoms with Crippen LogP contribution in [0, 0.1) is 0 Å². The molecular formula is C22H22N2O2. The maximum absolute atomic E-state index is 12.5. The fraction of sp³-hybridized carbons (Fsp3) is 0.182. The molecule has 0 aliphatic carbocycles. The number of ether oxygens (including phenoxy) is 1. The fourth-order valence-electron chi connectivity index (χ4n) is 2.91. The quantitative estimate of drug-likeness (QED) is 0.705. The van der Waals surface area contributed by atoms with E-state index in [-0.39, 0.29) is 11.8 Å². The summed E-state index contributed by atoms with van der Waals surface area (Å²) in [5.41, 5.74) is 3.25. The number of benzene rings is 2. The molecule has 1 N–H and O–H groups in total. The first kappa shape index (κ1) is 17.7. The van der Waals surface area contributed by atoms with E-state index in [2.05, 4.69) is 22.4 Å². The Kier molecular flexibility index (Phi) is 5.99. The van der Waals surface area contributed by atoms with Crippen LogP contribution in [0.15, 0.2) is 79.1 Å². The van der Waals surface area contributed by atoms with Crippen LogP contribution in [-0.4, -0.2) is 18.0 Å². The van der Waals surface area contributed by atoms with Crippen molar-refractivity contribution in [3.8, 4) is 5.75 Å². The molecule has 0 spiro atoms. The molecule has 3 aromatic rings. The maximum atomic E-state index is 12.5. The van der Waals surface area contributed by atoms with Gasteiger partial charge in [-0.2, -0.15) is 0 Å². The average molecular weight is 346 g/mol. The van der Waals surface area contributed by atoms with Gasteiger partial charge in [-0.1, -0.05) is 42.5 Å². The van der Waals surface area contributed by atoms with Gasteiger partial charge in [-0.05, 0) is 41.0 Å². The van der Waals surface area contributed by atoms with Crippen LogP contribution in [0.5, 0.6) is 5.75 Å². The van der Waals surface area contributed by atoms with E-state index in [1.54, 1.807) is 19.5 Å². The average Bonchev–Trinajstić information content (AvgIpc) is 2.72. The van der Waals surface area contributed by atoms with Crippen molar-refractivity contribution < 1.29 is 9.53 Å². The van der Waals surface area contributed by atoms with Crippen LogP contribution in [0.4, 0.5) is 0 Å². The second-order valence-electron chi connectivity index (χ2n) is 6.07. The third-order valence-corrected chi connectivity index (χ3v) is 4.35. The van der Waals surface area contributed by atoms with Crippen molar-refractivity contribution in [3.05, 3.63) is 95.8 Å². The lowest BCUT2D eigenvalue weighted by molar-refractivity contribution is -0.121. The minimum absolute atomic E-state index is 0.000420. The highest BCUT2D eigenvalue weighted by atomic mass is 16.5. The molecule has 0 radical (unpaired) electrons. The van der Waals surface area contributed by atoms with Crippen molar-refractivity contribution in [2.75, 3.05) is 7.11 Å². The van der Waals surface area contributed by atoms with Crippen molar-refractivity contribution in [2.24, 2.45) is 0 Å². The number of amides is 1. The van der Waals surface area contributed by atoms with Gasteiger partial charge in [0, 0.05) is 31.3 Å². The molecule has 0 unspecified atom stereocenters. The monoisotopic (exact) mass is 346 g/mol. The summed E-state index contributed by atoms with van der Waals surface area (Å²) in [7, 11) is 1.65. The zero-order chi connectivity index (χ0) is 18.2. The Labute approximate surface area is 153 Å². The van der Waals surface area contributed by atoms with E-state index in [0.29, 0.717) is 13.0 Å². The van der Waals surface area contributed by atoms with E-state index in [4.69, 9.17) is 4.74 Å². The molecule has 1 amide bonds. The first-order valence-electron chi connectivity index (χ1n) is 8.61. The smallest absolute Gasteiger partial charge is 0.221 e. The second-order valence-corrected chi connectivity index (χ2v) is 6.07. The topological polar surface area (TPSA) is 51.2 Å². The number of carbonyl (C=O) groups is 1. The molecule has 1 heterocycles. The van der Waals surface area contributed by atoms with Gasteiger partial charge < -0.3 is 10.1 Å². The number of carbonyl (C=O) groups excluding carboxylic acids is 1. The summed E-state index contributed by atoms with van der Waals surface area (Å²) in [6, 6.07) is 21.8. The SMILES string of the molecule is COc1ccc([C@@H](CC(=O)NCc2ccncc2)c2ccccc2)cc1. The predicted octanol–water partition coefficient (Wildman–Crippen LogP) is 3.93. The zero-order valence-electron chi connectivity index (χ0n) is 14.8. The van der Waals surface area contributed by atoms with Crippen molar-refractivity contribution >= 4 is 5.91 Å². The fourth-order valence-corrected chi connectivity index (χ4v) is 2.91. The van der Waals surface area contributed by atoms with Crippen molar-refractivity contribution in [2.45, 2.75) is 18.9 Å². The molecule has 0 fully saturated rings. The van der Waals surface area contributed by atoms with Gasteiger partial charge in [0.15, 0.2) is 0 Å². The molecule has 0 aliphatic rings. The van der Waals surface area contributed by atoms with Gasteiger partial charge in [-0.3, -0.25) is 9.78 Å². The summed E-state index contributed by atoms with van der Waals surface area (Å²) < 4.78 is 5.24. The molecule has 4 heteroatoms. The van der Waals surface area contributed by atoms with Gasteiger partial charge in [-0.15, -0.1) is 0 Å². The zero-order valence-corrected chi connectivity index (χ0v) is 14.8. The Hall–Kier alpha value is -3.14. The molecule has 4 nitrogen and oxygen atoms in total. The lowest BCUT2D eigenvalue weighted by Gasteiger charge is -2.18. The summed E-state index contributed by atoms with van der Waals surface area (Å²) in [4.78, 5) is 16.5. The minimum atomic E-state index is -0.000420. The summed E-state index contributed by atoms with van der Waals surface area (Å²) in [6.45, 7) is 0.505. The van der Waals surface area contributed by atoms with Crippen LogP contribution in [0.3, 0.4) is 0 Å². The van der Waals surface area contributed by atoms with Crippen LogP contribution in [0.1, 0.15) is 29.0 Å². The van der Waals surface area contributed by atoms with E-state index in [1.807, 2.05) is 54.6 Å². The maximum Gasteiger partial charge on any atom is 0.221 e. The van der Waals surface area contributed by atoms with Gasteiger partial charge in [0.05, 0.1) is 7.11 Å². The Bertz CT molecular complexity index is 818. The first-order valence-corrected chi connectivity index (χ1v) is 8.61. The molecule has 3 rings (SSSR count). The Balaban J connectivity index is 1.74. The predicted molar refractivity (Wildman–Crippen MR) is 102 cm³/mol. The lowest BCUT2D eigenvalue weighted by Crippen LogP contribution is -2.25. The number of aromatic nitrogens is 1. The van der Waals surface area contributed by atoms with E-state index in [0.717, 1.165) is 22.4 Å². The number of pyridine rings is 1. The molecule has 0 saturated carbocycles. The van der Waals surface area contributed by atoms with E-state index >= 15 is 0 Å². The van der Waals surface area contributed by atoms with Gasteiger partial charge in [0.1, 0.15) is 5.75 Å². The lowest BCUT2D eigenvalue weighted by atomic mass is 9.88. The first-order chi connectivity index (χ1) is 12.8. The number of hydrogen-bond donors (Lipinski definition) is 1. The standard InChI is InChI=1S/C22H22N2O2/c1-26-20-9-7-19(8-10-20)21(18-5-3-2-4-6-18)15-22(25)24-16-17-11-13-23-14-12-17/h2-14,21H,15-16H2,1H3,(H,24,25)/t21-/m0/s1.